The van der Waals surface area contributed by atoms with Crippen LogP contribution in [0.15, 0.2) is 30.6 Å². The van der Waals surface area contributed by atoms with Crippen LogP contribution in [-0.2, 0) is 16.8 Å². The third-order valence-electron chi connectivity index (χ3n) is 6.44. The maximum atomic E-state index is 13.8. The Morgan fingerprint density at radius 3 is 2.72 bits per heavy atom. The molecule has 1 saturated carbocycles. The summed E-state index contributed by atoms with van der Waals surface area (Å²) in [6.45, 7) is 3.41. The number of nitrogens with zero attached hydrogens (tertiary/aromatic N) is 5. The van der Waals surface area contributed by atoms with Crippen LogP contribution in [0.4, 0.5) is 4.39 Å². The van der Waals surface area contributed by atoms with Gasteiger partial charge in [0.05, 0.1) is 6.54 Å². The van der Waals surface area contributed by atoms with E-state index in [1.54, 1.807) is 10.7 Å². The average molecular weight is 401 g/mol. The number of aryl methyl sites for hydroxylation is 1. The minimum Gasteiger partial charge on any atom is -0.353 e. The first kappa shape index (κ1) is 19.9. The summed E-state index contributed by atoms with van der Waals surface area (Å²) in [5.74, 6) is -0.0946. The van der Waals surface area contributed by atoms with Crippen LogP contribution in [0, 0.1) is 5.82 Å². The third-order valence-corrected chi connectivity index (χ3v) is 6.44. The lowest BCUT2D eigenvalue weighted by molar-refractivity contribution is -0.122. The van der Waals surface area contributed by atoms with Crippen molar-refractivity contribution < 1.29 is 9.18 Å². The van der Waals surface area contributed by atoms with Crippen LogP contribution in [0.1, 0.15) is 50.5 Å². The lowest BCUT2D eigenvalue weighted by Gasteiger charge is -2.39. The van der Waals surface area contributed by atoms with Gasteiger partial charge < -0.3 is 10.2 Å². The van der Waals surface area contributed by atoms with Crippen molar-refractivity contribution in [2.24, 2.45) is 0 Å². The van der Waals surface area contributed by atoms with E-state index in [0.717, 1.165) is 50.9 Å². The Hall–Kier alpha value is -2.35. The van der Waals surface area contributed by atoms with Gasteiger partial charge in [-0.25, -0.2) is 9.07 Å². The fourth-order valence-corrected chi connectivity index (χ4v) is 4.87. The molecule has 0 bridgehead atoms. The van der Waals surface area contributed by atoms with E-state index in [-0.39, 0.29) is 23.2 Å². The Balaban J connectivity index is 1.27. The molecule has 0 spiro atoms. The molecule has 7 nitrogen and oxygen atoms in total. The SMILES string of the molecule is O=C(CCn1cnnn1)NC1CCN(CC2(c3cccc(F)c3)CCCC2)CC1. The fraction of sp³-hybridized carbons (Fsp3) is 0.619. The van der Waals surface area contributed by atoms with E-state index in [1.165, 1.54) is 25.2 Å². The first-order valence-corrected chi connectivity index (χ1v) is 10.6. The first-order chi connectivity index (χ1) is 14.1. The predicted octanol–water partition coefficient (Wildman–Crippen LogP) is 2.29. The second kappa shape index (κ2) is 8.98. The molecule has 2 aromatic rings. The molecule has 1 aliphatic carbocycles. The van der Waals surface area contributed by atoms with Crippen molar-refractivity contribution in [3.8, 4) is 0 Å². The van der Waals surface area contributed by atoms with Crippen molar-refractivity contribution >= 4 is 5.91 Å². The molecule has 8 heteroatoms. The Kier molecular flexibility index (Phi) is 6.18. The smallest absolute Gasteiger partial charge is 0.222 e. The number of piperidine rings is 1. The van der Waals surface area contributed by atoms with Gasteiger partial charge in [-0.15, -0.1) is 5.10 Å². The Morgan fingerprint density at radius 1 is 1.24 bits per heavy atom. The summed E-state index contributed by atoms with van der Waals surface area (Å²) in [5.41, 5.74) is 1.22. The second-order valence-electron chi connectivity index (χ2n) is 8.44. The summed E-state index contributed by atoms with van der Waals surface area (Å²) in [5, 5.41) is 14.1. The summed E-state index contributed by atoms with van der Waals surface area (Å²) in [7, 11) is 0. The molecule has 1 amide bonds. The monoisotopic (exact) mass is 400 g/mol. The average Bonchev–Trinajstić information content (AvgIpc) is 3.41. The summed E-state index contributed by atoms with van der Waals surface area (Å²) in [6.07, 6.45) is 8.49. The Labute approximate surface area is 170 Å². The maximum absolute atomic E-state index is 13.8. The topological polar surface area (TPSA) is 75.9 Å². The number of benzene rings is 1. The zero-order valence-electron chi connectivity index (χ0n) is 16.8. The minimum absolute atomic E-state index is 0.0472. The van der Waals surface area contributed by atoms with Gasteiger partial charge in [0.15, 0.2) is 0 Å². The van der Waals surface area contributed by atoms with E-state index >= 15 is 0 Å². The summed E-state index contributed by atoms with van der Waals surface area (Å²) in [4.78, 5) is 14.7. The molecule has 2 fully saturated rings. The van der Waals surface area contributed by atoms with E-state index in [1.807, 2.05) is 6.07 Å². The molecule has 156 valence electrons. The van der Waals surface area contributed by atoms with Gasteiger partial charge in [0, 0.05) is 37.5 Å². The van der Waals surface area contributed by atoms with Crippen LogP contribution in [0.5, 0.6) is 0 Å². The first-order valence-electron chi connectivity index (χ1n) is 10.6. The highest BCUT2D eigenvalue weighted by Crippen LogP contribution is 2.42. The number of nitrogens with one attached hydrogen (secondary N) is 1. The quantitative estimate of drug-likeness (QED) is 0.772. The van der Waals surface area contributed by atoms with Crippen molar-refractivity contribution in [3.63, 3.8) is 0 Å². The molecule has 29 heavy (non-hydrogen) atoms. The summed E-state index contributed by atoms with van der Waals surface area (Å²) >= 11 is 0. The highest BCUT2D eigenvalue weighted by Gasteiger charge is 2.38. The third kappa shape index (κ3) is 4.98. The molecule has 2 aliphatic rings. The minimum atomic E-state index is -0.142. The number of hydrogen-bond donors (Lipinski definition) is 1. The second-order valence-corrected chi connectivity index (χ2v) is 8.44. The maximum Gasteiger partial charge on any atom is 0.222 e. The van der Waals surface area contributed by atoms with Gasteiger partial charge in [-0.1, -0.05) is 25.0 Å². The highest BCUT2D eigenvalue weighted by molar-refractivity contribution is 5.76. The van der Waals surface area contributed by atoms with Gasteiger partial charge >= 0.3 is 0 Å². The van der Waals surface area contributed by atoms with Crippen LogP contribution in [-0.4, -0.2) is 56.7 Å². The Morgan fingerprint density at radius 2 is 2.03 bits per heavy atom. The van der Waals surface area contributed by atoms with E-state index in [4.69, 9.17) is 0 Å². The van der Waals surface area contributed by atoms with Crippen molar-refractivity contribution in [2.75, 3.05) is 19.6 Å². The normalized spacial score (nSPS) is 20.0. The van der Waals surface area contributed by atoms with Crippen LogP contribution < -0.4 is 5.32 Å². The van der Waals surface area contributed by atoms with Crippen molar-refractivity contribution in [1.29, 1.82) is 0 Å². The molecule has 4 rings (SSSR count). The number of amides is 1. The van der Waals surface area contributed by atoms with Crippen molar-refractivity contribution in [2.45, 2.75) is 62.9 Å². The zero-order valence-corrected chi connectivity index (χ0v) is 16.8. The van der Waals surface area contributed by atoms with E-state index < -0.39 is 0 Å². The molecule has 1 aromatic carbocycles. The van der Waals surface area contributed by atoms with Crippen molar-refractivity contribution in [1.82, 2.24) is 30.4 Å². The van der Waals surface area contributed by atoms with Crippen LogP contribution >= 0.6 is 0 Å². The molecule has 0 radical (unpaired) electrons. The lowest BCUT2D eigenvalue weighted by atomic mass is 9.78. The number of carbonyl (C=O) groups is 1. The summed E-state index contributed by atoms with van der Waals surface area (Å²) < 4.78 is 15.4. The van der Waals surface area contributed by atoms with Gasteiger partial charge in [-0.3, -0.25) is 4.79 Å². The largest absolute Gasteiger partial charge is 0.353 e. The van der Waals surface area contributed by atoms with Crippen LogP contribution in [0.2, 0.25) is 0 Å². The van der Waals surface area contributed by atoms with E-state index in [2.05, 4.69) is 31.8 Å². The van der Waals surface area contributed by atoms with Gasteiger partial charge in [-0.05, 0) is 53.8 Å². The molecule has 2 heterocycles. The number of hydrogen-bond acceptors (Lipinski definition) is 5. The molecular formula is C21H29FN6O. The number of tetrazole rings is 1. The van der Waals surface area contributed by atoms with Gasteiger partial charge in [-0.2, -0.15) is 0 Å². The molecule has 0 unspecified atom stereocenters. The molecular weight excluding hydrogens is 371 g/mol. The van der Waals surface area contributed by atoms with Gasteiger partial charge in [0.1, 0.15) is 12.1 Å². The Bertz CT molecular complexity index is 797. The number of likely N-dealkylation sites (tertiary alicyclic amines) is 1. The number of carbonyl (C=O) groups excluding carboxylic acids is 1. The molecule has 1 N–H and O–H groups in total. The molecule has 0 atom stereocenters. The number of rotatable bonds is 7. The number of halogens is 1. The number of aromatic nitrogens is 4. The van der Waals surface area contributed by atoms with Crippen LogP contribution in [0.25, 0.3) is 0 Å². The van der Waals surface area contributed by atoms with E-state index in [9.17, 15) is 9.18 Å². The molecule has 1 saturated heterocycles. The van der Waals surface area contributed by atoms with Gasteiger partial charge in [0.2, 0.25) is 5.91 Å². The fourth-order valence-electron chi connectivity index (χ4n) is 4.87. The van der Waals surface area contributed by atoms with E-state index in [0.29, 0.717) is 13.0 Å². The highest BCUT2D eigenvalue weighted by atomic mass is 19.1. The molecule has 1 aromatic heterocycles. The molecule has 1 aliphatic heterocycles. The van der Waals surface area contributed by atoms with Crippen molar-refractivity contribution in [3.05, 3.63) is 42.0 Å². The zero-order chi connectivity index (χ0) is 20.1. The lowest BCUT2D eigenvalue weighted by Crippen LogP contribution is -2.48. The standard InChI is InChI=1S/C21H29FN6O/c22-18-5-3-4-17(14-18)21(9-1-2-10-21)15-27-11-6-19(7-12-27)24-20(29)8-13-28-16-23-25-26-28/h3-5,14,16,19H,1-2,6-13,15H2,(H,24,29). The van der Waals surface area contributed by atoms with Gasteiger partial charge in [0.25, 0.3) is 0 Å². The predicted molar refractivity (Wildman–Crippen MR) is 107 cm³/mol. The van der Waals surface area contributed by atoms with Crippen LogP contribution in [0.3, 0.4) is 0 Å². The summed E-state index contributed by atoms with van der Waals surface area (Å²) in [6, 6.07) is 7.40.